The van der Waals surface area contributed by atoms with Gasteiger partial charge in [0.15, 0.2) is 6.10 Å². The molecule has 0 aromatic rings. The van der Waals surface area contributed by atoms with Crippen molar-refractivity contribution in [2.45, 2.75) is 373 Å². The molecular weight excluding hydrogens is 1030 g/mol. The van der Waals surface area contributed by atoms with Gasteiger partial charge in [-0.3, -0.25) is 14.2 Å². The Labute approximate surface area is 504 Å². The van der Waals surface area contributed by atoms with Crippen molar-refractivity contribution in [1.82, 2.24) is 0 Å². The van der Waals surface area contributed by atoms with Crippen LogP contribution in [0.5, 0.6) is 0 Å². The smallest absolute Gasteiger partial charge is 0.306 e. The Morgan fingerprint density at radius 1 is 0.383 bits per heavy atom. The number of hydrogen-bond acceptors (Lipinski definition) is 8. The maximum atomic E-state index is 12.9. The van der Waals surface area contributed by atoms with E-state index in [2.05, 4.69) is 38.2 Å². The molecule has 0 aliphatic heterocycles. The third-order valence-corrected chi connectivity index (χ3v) is 17.2. The number of phosphoric ester groups is 1. The summed E-state index contributed by atoms with van der Waals surface area (Å²) >= 11 is 0. The number of rotatable bonds is 67. The number of carbonyl (C=O) groups excluding carboxylic acids is 2. The van der Waals surface area contributed by atoms with Crippen LogP contribution in [0.1, 0.15) is 367 Å². The van der Waals surface area contributed by atoms with Crippen LogP contribution in [0.2, 0.25) is 0 Å². The number of phosphoric acid groups is 1. The van der Waals surface area contributed by atoms with Crippen molar-refractivity contribution in [2.75, 3.05) is 47.5 Å². The molecule has 0 aliphatic rings. The first-order chi connectivity index (χ1) is 39.5. The number of carbonyl (C=O) groups is 2. The minimum absolute atomic E-state index is 0.0267. The summed E-state index contributed by atoms with van der Waals surface area (Å²) in [6.07, 6.45) is 78.4. The predicted molar refractivity (Wildman–Crippen MR) is 347 cm³/mol. The highest BCUT2D eigenvalue weighted by Gasteiger charge is 2.22. The minimum atomic E-state index is -4.64. The fourth-order valence-corrected chi connectivity index (χ4v) is 11.5. The Morgan fingerprint density at radius 2 is 0.667 bits per heavy atom. The molecule has 0 fully saturated rings. The average molecular weight is 1160 g/mol. The molecule has 2 atom stereocenters. The van der Waals surface area contributed by atoms with Crippen molar-refractivity contribution in [1.29, 1.82) is 0 Å². The number of quaternary nitrogens is 1. The SMILES string of the molecule is CCCCCCC/C=C\C/C=C\CCCCCCCCCCCCCCCCCCCCCC(=O)OC(COC(=O)CCCCCCCCCCCCCCCCCCCCCCCCCCCC)COP(=O)([O-])OCC[N+](C)(C)C. The first-order valence-electron chi connectivity index (χ1n) is 35.5. The maximum absolute atomic E-state index is 12.9. The van der Waals surface area contributed by atoms with Gasteiger partial charge in [0.2, 0.25) is 0 Å². The van der Waals surface area contributed by atoms with Crippen LogP contribution in [0.4, 0.5) is 0 Å². The number of ether oxygens (including phenoxy) is 2. The standard InChI is InChI=1S/C71H138NO8P/c1-6-8-10-12-14-16-18-20-22-24-26-28-30-32-34-35-36-37-38-40-42-44-46-48-50-52-54-56-58-60-62-64-71(74)80-69(68-79-81(75,76)78-66-65-72(3,4)5)67-77-70(73)63-61-59-57-55-53-51-49-47-45-43-41-39-33-31-29-27-25-23-21-19-17-15-13-11-9-7-2/h18,20,24,26,69H,6-17,19,21-23,25,27-68H2,1-5H3/b20-18-,26-24-. The number of unbranched alkanes of at least 4 members (excludes halogenated alkanes) is 49. The number of likely N-dealkylation sites (N-methyl/N-ethyl adjacent to an activating group) is 1. The van der Waals surface area contributed by atoms with Crippen molar-refractivity contribution in [3.63, 3.8) is 0 Å². The molecule has 0 aromatic carbocycles. The number of nitrogens with zero attached hydrogens (tertiary/aromatic N) is 1. The summed E-state index contributed by atoms with van der Waals surface area (Å²) in [5.74, 6) is -0.808. The van der Waals surface area contributed by atoms with Crippen molar-refractivity contribution < 1.29 is 42.1 Å². The first-order valence-corrected chi connectivity index (χ1v) is 37.0. The zero-order valence-electron chi connectivity index (χ0n) is 54.8. The fraction of sp³-hybridized carbons (Fsp3) is 0.915. The molecule has 0 amide bonds. The van der Waals surface area contributed by atoms with E-state index in [1.165, 1.54) is 295 Å². The van der Waals surface area contributed by atoms with E-state index in [-0.39, 0.29) is 32.0 Å². The molecule has 0 bridgehead atoms. The van der Waals surface area contributed by atoms with Crippen molar-refractivity contribution in [3.8, 4) is 0 Å². The molecule has 0 rings (SSSR count). The summed E-state index contributed by atoms with van der Waals surface area (Å²) < 4.78 is 34.3. The number of esters is 2. The Balaban J connectivity index is 3.98. The van der Waals surface area contributed by atoms with E-state index in [0.29, 0.717) is 17.4 Å². The molecule has 0 N–H and O–H groups in total. The molecule has 10 heteroatoms. The minimum Gasteiger partial charge on any atom is -0.756 e. The van der Waals surface area contributed by atoms with Crippen LogP contribution in [0.25, 0.3) is 0 Å². The summed E-state index contributed by atoms with van der Waals surface area (Å²) in [5, 5.41) is 0. The van der Waals surface area contributed by atoms with Crippen LogP contribution in [-0.4, -0.2) is 70.0 Å². The average Bonchev–Trinajstić information content (AvgIpc) is 3.43. The number of allylic oxidation sites excluding steroid dienone is 4. The van der Waals surface area contributed by atoms with Gasteiger partial charge in [-0.1, -0.05) is 334 Å². The molecule has 81 heavy (non-hydrogen) atoms. The lowest BCUT2D eigenvalue weighted by Crippen LogP contribution is -2.37. The van der Waals surface area contributed by atoms with Crippen LogP contribution in [-0.2, 0) is 32.7 Å². The van der Waals surface area contributed by atoms with Gasteiger partial charge in [-0.25, -0.2) is 0 Å². The van der Waals surface area contributed by atoms with Gasteiger partial charge in [-0.2, -0.15) is 0 Å². The van der Waals surface area contributed by atoms with Gasteiger partial charge in [-0.05, 0) is 44.9 Å². The largest absolute Gasteiger partial charge is 0.756 e. The topological polar surface area (TPSA) is 111 Å². The predicted octanol–water partition coefficient (Wildman–Crippen LogP) is 22.3. The lowest BCUT2D eigenvalue weighted by molar-refractivity contribution is -0.870. The van der Waals surface area contributed by atoms with E-state index in [0.717, 1.165) is 38.5 Å². The van der Waals surface area contributed by atoms with Crippen LogP contribution < -0.4 is 4.89 Å². The zero-order chi connectivity index (χ0) is 59.1. The van der Waals surface area contributed by atoms with E-state index in [9.17, 15) is 19.0 Å². The lowest BCUT2D eigenvalue weighted by Gasteiger charge is -2.28. The van der Waals surface area contributed by atoms with Gasteiger partial charge in [0.05, 0.1) is 27.7 Å². The van der Waals surface area contributed by atoms with Gasteiger partial charge >= 0.3 is 11.9 Å². The van der Waals surface area contributed by atoms with E-state index >= 15 is 0 Å². The molecule has 2 unspecified atom stereocenters. The Kier molecular flexibility index (Phi) is 61.8. The van der Waals surface area contributed by atoms with Gasteiger partial charge in [0.25, 0.3) is 7.82 Å². The fourth-order valence-electron chi connectivity index (χ4n) is 10.8. The van der Waals surface area contributed by atoms with Crippen molar-refractivity contribution in [3.05, 3.63) is 24.3 Å². The highest BCUT2D eigenvalue weighted by molar-refractivity contribution is 7.45. The second-order valence-corrected chi connectivity index (χ2v) is 27.0. The molecule has 0 heterocycles. The van der Waals surface area contributed by atoms with Gasteiger partial charge in [0.1, 0.15) is 19.8 Å². The highest BCUT2D eigenvalue weighted by Crippen LogP contribution is 2.38. The molecule has 0 spiro atoms. The summed E-state index contributed by atoms with van der Waals surface area (Å²) in [4.78, 5) is 38.1. The summed E-state index contributed by atoms with van der Waals surface area (Å²) in [6, 6.07) is 0. The lowest BCUT2D eigenvalue weighted by atomic mass is 10.0. The molecule has 9 nitrogen and oxygen atoms in total. The number of hydrogen-bond donors (Lipinski definition) is 0. The van der Waals surface area contributed by atoms with Crippen LogP contribution >= 0.6 is 7.82 Å². The second-order valence-electron chi connectivity index (χ2n) is 25.6. The van der Waals surface area contributed by atoms with Crippen LogP contribution in [0.15, 0.2) is 24.3 Å². The monoisotopic (exact) mass is 1160 g/mol. The van der Waals surface area contributed by atoms with Gasteiger partial charge < -0.3 is 27.9 Å². The Morgan fingerprint density at radius 3 is 0.975 bits per heavy atom. The quantitative estimate of drug-likeness (QED) is 0.0195. The normalized spacial score (nSPS) is 13.2. The van der Waals surface area contributed by atoms with E-state index in [4.69, 9.17) is 18.5 Å². The Bertz CT molecular complexity index is 1420. The van der Waals surface area contributed by atoms with E-state index in [1.807, 2.05) is 21.1 Å². The molecule has 0 aromatic heterocycles. The van der Waals surface area contributed by atoms with E-state index in [1.54, 1.807) is 0 Å². The molecule has 0 saturated carbocycles. The summed E-state index contributed by atoms with van der Waals surface area (Å²) in [5.41, 5.74) is 0. The zero-order valence-corrected chi connectivity index (χ0v) is 55.7. The Hall–Kier alpha value is -1.51. The van der Waals surface area contributed by atoms with Crippen molar-refractivity contribution in [2.24, 2.45) is 0 Å². The van der Waals surface area contributed by atoms with E-state index < -0.39 is 26.5 Å². The molecular formula is C71H138NO8P. The van der Waals surface area contributed by atoms with Gasteiger partial charge in [0, 0.05) is 12.8 Å². The third kappa shape index (κ3) is 67.5. The molecule has 0 radical (unpaired) electrons. The highest BCUT2D eigenvalue weighted by atomic mass is 31.2. The molecule has 0 aliphatic carbocycles. The van der Waals surface area contributed by atoms with Crippen LogP contribution in [0.3, 0.4) is 0 Å². The summed E-state index contributed by atoms with van der Waals surface area (Å²) in [7, 11) is 1.19. The van der Waals surface area contributed by atoms with Crippen LogP contribution in [0, 0.1) is 0 Å². The summed E-state index contributed by atoms with van der Waals surface area (Å²) in [6.45, 7) is 4.31. The van der Waals surface area contributed by atoms with Crippen molar-refractivity contribution >= 4 is 19.8 Å². The maximum Gasteiger partial charge on any atom is 0.306 e. The third-order valence-electron chi connectivity index (χ3n) is 16.2. The first kappa shape index (κ1) is 79.5. The second kappa shape index (κ2) is 63.0. The molecule has 0 saturated heterocycles. The van der Waals surface area contributed by atoms with Gasteiger partial charge in [-0.15, -0.1) is 0 Å². The molecule has 480 valence electrons.